The zero-order chi connectivity index (χ0) is 10.7. The fourth-order valence-corrected chi connectivity index (χ4v) is 2.41. The number of rotatable bonds is 2. The van der Waals surface area contributed by atoms with Gasteiger partial charge in [0.25, 0.3) is 0 Å². The zero-order valence-electron chi connectivity index (χ0n) is 8.95. The standard InChI is InChI=1S/C13H18FN/c14-12-7-5-10(6-8-12)9-11-3-1-2-4-13(11)15/h5-8,11,13H,1-4,9,15H2. The first-order chi connectivity index (χ1) is 7.25. The van der Waals surface area contributed by atoms with E-state index in [0.29, 0.717) is 12.0 Å². The highest BCUT2D eigenvalue weighted by Crippen LogP contribution is 2.26. The van der Waals surface area contributed by atoms with Gasteiger partial charge in [0.15, 0.2) is 0 Å². The van der Waals surface area contributed by atoms with E-state index in [4.69, 9.17) is 5.73 Å². The summed E-state index contributed by atoms with van der Waals surface area (Å²) in [6, 6.07) is 7.14. The SMILES string of the molecule is NC1CCCCC1Cc1ccc(F)cc1. The average Bonchev–Trinajstić information content (AvgIpc) is 2.25. The van der Waals surface area contributed by atoms with Gasteiger partial charge in [-0.05, 0) is 42.9 Å². The molecular weight excluding hydrogens is 189 g/mol. The first-order valence-corrected chi connectivity index (χ1v) is 5.76. The molecule has 1 saturated carbocycles. The summed E-state index contributed by atoms with van der Waals surface area (Å²) in [6.07, 6.45) is 5.92. The molecule has 0 aromatic heterocycles. The fourth-order valence-electron chi connectivity index (χ4n) is 2.41. The lowest BCUT2D eigenvalue weighted by Gasteiger charge is -2.28. The van der Waals surface area contributed by atoms with Crippen LogP contribution < -0.4 is 5.73 Å². The third-order valence-corrected chi connectivity index (χ3v) is 3.38. The van der Waals surface area contributed by atoms with Crippen molar-refractivity contribution in [3.05, 3.63) is 35.6 Å². The van der Waals surface area contributed by atoms with Crippen LogP contribution in [0.15, 0.2) is 24.3 Å². The van der Waals surface area contributed by atoms with Gasteiger partial charge < -0.3 is 5.73 Å². The summed E-state index contributed by atoms with van der Waals surface area (Å²) in [6.45, 7) is 0. The molecule has 0 bridgehead atoms. The number of nitrogens with two attached hydrogens (primary N) is 1. The summed E-state index contributed by atoms with van der Waals surface area (Å²) in [5, 5.41) is 0. The maximum Gasteiger partial charge on any atom is 0.123 e. The maximum atomic E-state index is 12.7. The van der Waals surface area contributed by atoms with Crippen LogP contribution in [0, 0.1) is 11.7 Å². The number of halogens is 1. The predicted octanol–water partition coefficient (Wildman–Crippen LogP) is 2.89. The van der Waals surface area contributed by atoms with Crippen molar-refractivity contribution < 1.29 is 4.39 Å². The third-order valence-electron chi connectivity index (χ3n) is 3.38. The Hall–Kier alpha value is -0.890. The van der Waals surface area contributed by atoms with Crippen molar-refractivity contribution in [2.75, 3.05) is 0 Å². The molecule has 1 fully saturated rings. The molecule has 1 nitrogen and oxygen atoms in total. The van der Waals surface area contributed by atoms with Crippen LogP contribution >= 0.6 is 0 Å². The zero-order valence-corrected chi connectivity index (χ0v) is 8.95. The second kappa shape index (κ2) is 4.75. The highest BCUT2D eigenvalue weighted by atomic mass is 19.1. The number of hydrogen-bond acceptors (Lipinski definition) is 1. The molecule has 2 unspecified atom stereocenters. The van der Waals surface area contributed by atoms with Crippen LogP contribution in [0.3, 0.4) is 0 Å². The molecule has 0 aliphatic heterocycles. The van der Waals surface area contributed by atoms with Gasteiger partial charge in [-0.15, -0.1) is 0 Å². The molecule has 1 aliphatic carbocycles. The van der Waals surface area contributed by atoms with Crippen molar-refractivity contribution in [1.82, 2.24) is 0 Å². The van der Waals surface area contributed by atoms with Gasteiger partial charge in [0.05, 0.1) is 0 Å². The van der Waals surface area contributed by atoms with Crippen LogP contribution in [-0.4, -0.2) is 6.04 Å². The largest absolute Gasteiger partial charge is 0.327 e. The minimum atomic E-state index is -0.160. The van der Waals surface area contributed by atoms with E-state index in [9.17, 15) is 4.39 Å². The fraction of sp³-hybridized carbons (Fsp3) is 0.538. The van der Waals surface area contributed by atoms with E-state index in [-0.39, 0.29) is 5.82 Å². The topological polar surface area (TPSA) is 26.0 Å². The second-order valence-corrected chi connectivity index (χ2v) is 4.54. The molecular formula is C13H18FN. The number of benzene rings is 1. The Morgan fingerprint density at radius 3 is 2.47 bits per heavy atom. The lowest BCUT2D eigenvalue weighted by Crippen LogP contribution is -2.34. The van der Waals surface area contributed by atoms with E-state index in [1.54, 1.807) is 0 Å². The highest BCUT2D eigenvalue weighted by Gasteiger charge is 2.21. The average molecular weight is 207 g/mol. The minimum absolute atomic E-state index is 0.160. The second-order valence-electron chi connectivity index (χ2n) is 4.54. The summed E-state index contributed by atoms with van der Waals surface area (Å²) in [5.41, 5.74) is 7.29. The Bertz CT molecular complexity index is 307. The van der Waals surface area contributed by atoms with Gasteiger partial charge in [-0.1, -0.05) is 25.0 Å². The summed E-state index contributed by atoms with van der Waals surface area (Å²) in [5.74, 6) is 0.427. The van der Waals surface area contributed by atoms with Crippen LogP contribution in [0.5, 0.6) is 0 Å². The first kappa shape index (κ1) is 10.6. The monoisotopic (exact) mass is 207 g/mol. The van der Waals surface area contributed by atoms with E-state index < -0.39 is 0 Å². The molecule has 0 spiro atoms. The van der Waals surface area contributed by atoms with E-state index in [2.05, 4.69) is 0 Å². The predicted molar refractivity (Wildman–Crippen MR) is 60.0 cm³/mol. The van der Waals surface area contributed by atoms with Crippen LogP contribution in [0.1, 0.15) is 31.2 Å². The molecule has 2 rings (SSSR count). The lowest BCUT2D eigenvalue weighted by molar-refractivity contribution is 0.306. The molecule has 0 radical (unpaired) electrons. The van der Waals surface area contributed by atoms with Gasteiger partial charge in [0.2, 0.25) is 0 Å². The van der Waals surface area contributed by atoms with Gasteiger partial charge in [0, 0.05) is 6.04 Å². The molecule has 1 aliphatic rings. The molecule has 15 heavy (non-hydrogen) atoms. The Labute approximate surface area is 90.5 Å². The summed E-state index contributed by atoms with van der Waals surface area (Å²) in [4.78, 5) is 0. The van der Waals surface area contributed by atoms with Gasteiger partial charge in [-0.3, -0.25) is 0 Å². The summed E-state index contributed by atoms with van der Waals surface area (Å²) >= 11 is 0. The Balaban J connectivity index is 1.98. The van der Waals surface area contributed by atoms with Gasteiger partial charge in [-0.2, -0.15) is 0 Å². The third kappa shape index (κ3) is 2.78. The molecule has 2 N–H and O–H groups in total. The van der Waals surface area contributed by atoms with E-state index >= 15 is 0 Å². The van der Waals surface area contributed by atoms with Crippen LogP contribution in [0.4, 0.5) is 4.39 Å². The maximum absolute atomic E-state index is 12.7. The highest BCUT2D eigenvalue weighted by molar-refractivity contribution is 5.17. The molecule has 1 aromatic rings. The van der Waals surface area contributed by atoms with Crippen molar-refractivity contribution in [3.63, 3.8) is 0 Å². The molecule has 0 amide bonds. The Morgan fingerprint density at radius 1 is 1.13 bits per heavy atom. The molecule has 2 atom stereocenters. The Kier molecular flexibility index (Phi) is 3.37. The lowest BCUT2D eigenvalue weighted by atomic mass is 9.81. The van der Waals surface area contributed by atoms with Crippen LogP contribution in [-0.2, 0) is 6.42 Å². The van der Waals surface area contributed by atoms with E-state index in [1.807, 2.05) is 12.1 Å². The van der Waals surface area contributed by atoms with Crippen molar-refractivity contribution >= 4 is 0 Å². The van der Waals surface area contributed by atoms with Crippen molar-refractivity contribution in [2.24, 2.45) is 11.7 Å². The van der Waals surface area contributed by atoms with E-state index in [1.165, 1.54) is 37.0 Å². The van der Waals surface area contributed by atoms with Crippen molar-refractivity contribution in [3.8, 4) is 0 Å². The van der Waals surface area contributed by atoms with E-state index in [0.717, 1.165) is 12.8 Å². The van der Waals surface area contributed by atoms with Gasteiger partial charge in [0.1, 0.15) is 5.82 Å². The molecule has 82 valence electrons. The molecule has 0 saturated heterocycles. The molecule has 2 heteroatoms. The summed E-state index contributed by atoms with van der Waals surface area (Å²) in [7, 11) is 0. The minimum Gasteiger partial charge on any atom is -0.327 e. The number of hydrogen-bond donors (Lipinski definition) is 1. The Morgan fingerprint density at radius 2 is 1.80 bits per heavy atom. The first-order valence-electron chi connectivity index (χ1n) is 5.76. The van der Waals surface area contributed by atoms with Gasteiger partial charge >= 0.3 is 0 Å². The molecule has 0 heterocycles. The smallest absolute Gasteiger partial charge is 0.123 e. The summed E-state index contributed by atoms with van der Waals surface area (Å²) < 4.78 is 12.7. The molecule has 1 aromatic carbocycles. The van der Waals surface area contributed by atoms with Crippen LogP contribution in [0.2, 0.25) is 0 Å². The van der Waals surface area contributed by atoms with Crippen molar-refractivity contribution in [2.45, 2.75) is 38.1 Å². The van der Waals surface area contributed by atoms with Gasteiger partial charge in [-0.25, -0.2) is 4.39 Å². The van der Waals surface area contributed by atoms with Crippen LogP contribution in [0.25, 0.3) is 0 Å². The normalized spacial score (nSPS) is 26.5. The van der Waals surface area contributed by atoms with Crippen molar-refractivity contribution in [1.29, 1.82) is 0 Å². The quantitative estimate of drug-likeness (QED) is 0.792.